The molecule has 1 atom stereocenters. The fourth-order valence-corrected chi connectivity index (χ4v) is 4.20. The number of sulfonamides is 1. The van der Waals surface area contributed by atoms with E-state index in [9.17, 15) is 18.0 Å². The topological polar surface area (TPSA) is 111 Å². The molecular formula is C15H18N2O6S2. The van der Waals surface area contributed by atoms with Crippen LogP contribution in [0.4, 0.5) is 0 Å². The van der Waals surface area contributed by atoms with Crippen LogP contribution in [0.5, 0.6) is 0 Å². The van der Waals surface area contributed by atoms with Crippen molar-refractivity contribution in [2.24, 2.45) is 0 Å². The number of carbonyl (C=O) groups is 2. The molecule has 0 amide bonds. The Labute approximate surface area is 150 Å². The van der Waals surface area contributed by atoms with Crippen molar-refractivity contribution in [3.63, 3.8) is 0 Å². The molecule has 0 spiro atoms. The number of hydrogen-bond acceptors (Lipinski definition) is 8. The highest BCUT2D eigenvalue weighted by Gasteiger charge is 2.38. The zero-order valence-corrected chi connectivity index (χ0v) is 15.5. The number of thioether (sulfide) groups is 1. The number of methoxy groups -OCH3 is 2. The summed E-state index contributed by atoms with van der Waals surface area (Å²) in [6, 6.07) is 6.28. The van der Waals surface area contributed by atoms with Gasteiger partial charge < -0.3 is 14.9 Å². The Bertz CT molecular complexity index is 802. The smallest absolute Gasteiger partial charge is 0.337 e. The summed E-state index contributed by atoms with van der Waals surface area (Å²) in [6.45, 7) is 1.85. The zero-order chi connectivity index (χ0) is 18.6. The molecular weight excluding hydrogens is 368 g/mol. The van der Waals surface area contributed by atoms with Gasteiger partial charge in [-0.05, 0) is 19.1 Å². The van der Waals surface area contributed by atoms with Gasteiger partial charge in [-0.15, -0.1) is 16.6 Å². The third-order valence-corrected chi connectivity index (χ3v) is 5.95. The minimum atomic E-state index is -3.84. The molecule has 0 aliphatic carbocycles. The van der Waals surface area contributed by atoms with E-state index in [0.29, 0.717) is 0 Å². The summed E-state index contributed by atoms with van der Waals surface area (Å²) in [5, 5.41) is -0.871. The molecule has 10 heteroatoms. The maximum atomic E-state index is 12.3. The van der Waals surface area contributed by atoms with Gasteiger partial charge in [-0.2, -0.15) is 0 Å². The predicted octanol–water partition coefficient (Wildman–Crippen LogP) is 0.493. The number of nitrogens with one attached hydrogen (secondary N) is 2. The molecule has 8 nitrogen and oxygen atoms in total. The number of aryl methyl sites for hydroxylation is 1. The Morgan fingerprint density at radius 1 is 1.16 bits per heavy atom. The van der Waals surface area contributed by atoms with E-state index in [1.807, 2.05) is 6.92 Å². The monoisotopic (exact) mass is 386 g/mol. The van der Waals surface area contributed by atoms with Crippen molar-refractivity contribution in [2.75, 3.05) is 20.0 Å². The summed E-state index contributed by atoms with van der Waals surface area (Å²) in [5.74, 6) is -1.11. The molecule has 1 aliphatic heterocycles. The number of hydrazine groups is 1. The second-order valence-corrected chi connectivity index (χ2v) is 7.92. The van der Waals surface area contributed by atoms with Gasteiger partial charge in [-0.3, -0.25) is 4.79 Å². The minimum Gasteiger partial charge on any atom is -0.468 e. The molecule has 136 valence electrons. The fourth-order valence-electron chi connectivity index (χ4n) is 2.13. The van der Waals surface area contributed by atoms with Gasteiger partial charge in [0.25, 0.3) is 10.0 Å². The first-order valence-electron chi connectivity index (χ1n) is 7.15. The van der Waals surface area contributed by atoms with Crippen LogP contribution < -0.4 is 10.3 Å². The third-order valence-electron chi connectivity index (χ3n) is 3.47. The summed E-state index contributed by atoms with van der Waals surface area (Å²) in [4.78, 5) is 26.0. The summed E-state index contributed by atoms with van der Waals surface area (Å²) in [7, 11) is -1.44. The van der Waals surface area contributed by atoms with E-state index in [4.69, 9.17) is 0 Å². The number of ether oxygens (including phenoxy) is 2. The third kappa shape index (κ3) is 4.33. The molecule has 1 aromatic carbocycles. The maximum absolute atomic E-state index is 12.3. The molecule has 1 heterocycles. The van der Waals surface area contributed by atoms with E-state index in [1.54, 1.807) is 12.1 Å². The van der Waals surface area contributed by atoms with E-state index >= 15 is 0 Å². The average molecular weight is 386 g/mol. The molecule has 0 fully saturated rings. The number of carbonyl (C=O) groups excluding carboxylic acids is 2. The number of benzene rings is 1. The Morgan fingerprint density at radius 2 is 1.80 bits per heavy atom. The van der Waals surface area contributed by atoms with Crippen molar-refractivity contribution in [3.05, 3.63) is 41.1 Å². The average Bonchev–Trinajstić information content (AvgIpc) is 3.03. The molecule has 25 heavy (non-hydrogen) atoms. The number of rotatable bonds is 6. The Hall–Kier alpha value is -2.04. The van der Waals surface area contributed by atoms with Crippen LogP contribution in [0.1, 0.15) is 5.56 Å². The molecule has 2 rings (SSSR count). The molecule has 2 N–H and O–H groups in total. The van der Waals surface area contributed by atoms with Crippen molar-refractivity contribution in [2.45, 2.75) is 17.1 Å². The van der Waals surface area contributed by atoms with Gasteiger partial charge in [0.15, 0.2) is 0 Å². The van der Waals surface area contributed by atoms with Gasteiger partial charge >= 0.3 is 11.9 Å². The van der Waals surface area contributed by atoms with E-state index in [-0.39, 0.29) is 21.9 Å². The molecule has 0 radical (unpaired) electrons. The zero-order valence-electron chi connectivity index (χ0n) is 13.9. The minimum absolute atomic E-state index is 0.0333. The van der Waals surface area contributed by atoms with Crippen LogP contribution in [-0.2, 0) is 29.1 Å². The normalized spacial score (nSPS) is 17.3. The van der Waals surface area contributed by atoms with Crippen LogP contribution in [0.25, 0.3) is 0 Å². The lowest BCUT2D eigenvalue weighted by molar-refractivity contribution is -0.142. The standard InChI is InChI=1S/C15H18N2O6S2/c1-9-4-6-10(7-5-9)25(20,21)17-16-11-8-24-13(15(19)23-3)12(11)14(18)22-2/h4-7,13,16-17H,8H2,1-3H3/t13-/m1/s1. The van der Waals surface area contributed by atoms with E-state index in [0.717, 1.165) is 17.3 Å². The van der Waals surface area contributed by atoms with Gasteiger partial charge in [-0.25, -0.2) is 13.2 Å². The number of esters is 2. The van der Waals surface area contributed by atoms with Crippen LogP contribution in [0.15, 0.2) is 40.4 Å². The van der Waals surface area contributed by atoms with Gasteiger partial charge in [-0.1, -0.05) is 17.7 Å². The first-order valence-corrected chi connectivity index (χ1v) is 9.68. The van der Waals surface area contributed by atoms with Crippen molar-refractivity contribution in [3.8, 4) is 0 Å². The molecule has 1 aromatic rings. The molecule has 0 unspecified atom stereocenters. The van der Waals surface area contributed by atoms with Crippen LogP contribution in [0.2, 0.25) is 0 Å². The Balaban J connectivity index is 2.23. The van der Waals surface area contributed by atoms with Crippen LogP contribution >= 0.6 is 11.8 Å². The lowest BCUT2D eigenvalue weighted by atomic mass is 10.1. The molecule has 0 saturated heterocycles. The first-order chi connectivity index (χ1) is 11.8. The first kappa shape index (κ1) is 19.3. The highest BCUT2D eigenvalue weighted by molar-refractivity contribution is 8.01. The van der Waals surface area contributed by atoms with E-state index in [1.165, 1.54) is 26.4 Å². The van der Waals surface area contributed by atoms with Gasteiger partial charge in [0, 0.05) is 11.4 Å². The van der Waals surface area contributed by atoms with Crippen molar-refractivity contribution < 1.29 is 27.5 Å². The van der Waals surface area contributed by atoms with Gasteiger partial charge in [0.1, 0.15) is 5.25 Å². The lowest BCUT2D eigenvalue weighted by Gasteiger charge is -2.13. The SMILES string of the molecule is COC(=O)C1=C(NNS(=O)(=O)c2ccc(C)cc2)CS[C@H]1C(=O)OC. The van der Waals surface area contributed by atoms with Crippen molar-refractivity contribution in [1.29, 1.82) is 0 Å². The molecule has 1 aliphatic rings. The van der Waals surface area contributed by atoms with E-state index in [2.05, 4.69) is 19.7 Å². The largest absolute Gasteiger partial charge is 0.468 e. The van der Waals surface area contributed by atoms with Crippen molar-refractivity contribution in [1.82, 2.24) is 10.3 Å². The van der Waals surface area contributed by atoms with E-state index < -0.39 is 27.2 Å². The van der Waals surface area contributed by atoms with Crippen LogP contribution in [-0.4, -0.2) is 45.6 Å². The molecule has 0 bridgehead atoms. The summed E-state index contributed by atoms with van der Waals surface area (Å²) in [5.41, 5.74) is 3.73. The van der Waals surface area contributed by atoms with Crippen LogP contribution in [0, 0.1) is 6.92 Å². The van der Waals surface area contributed by atoms with Gasteiger partial charge in [0.05, 0.1) is 24.7 Å². The second-order valence-electron chi connectivity index (χ2n) is 5.14. The summed E-state index contributed by atoms with van der Waals surface area (Å²) < 4.78 is 34.0. The molecule has 0 saturated carbocycles. The highest BCUT2D eigenvalue weighted by Crippen LogP contribution is 2.32. The maximum Gasteiger partial charge on any atom is 0.337 e. The summed E-state index contributed by atoms with van der Waals surface area (Å²) in [6.07, 6.45) is 0. The highest BCUT2D eigenvalue weighted by atomic mass is 32.2. The lowest BCUT2D eigenvalue weighted by Crippen LogP contribution is -2.38. The van der Waals surface area contributed by atoms with Crippen molar-refractivity contribution >= 4 is 33.7 Å². The summed E-state index contributed by atoms with van der Waals surface area (Å²) >= 11 is 1.14. The quantitative estimate of drug-likeness (QED) is 0.537. The Morgan fingerprint density at radius 3 is 2.36 bits per heavy atom. The van der Waals surface area contributed by atoms with Gasteiger partial charge in [0.2, 0.25) is 0 Å². The number of hydrogen-bond donors (Lipinski definition) is 2. The van der Waals surface area contributed by atoms with Crippen LogP contribution in [0.3, 0.4) is 0 Å². The second kappa shape index (κ2) is 7.89. The predicted molar refractivity (Wildman–Crippen MR) is 91.9 cm³/mol. The molecule has 0 aromatic heterocycles. The Kier molecular flexibility index (Phi) is 6.09. The fraction of sp³-hybridized carbons (Fsp3) is 0.333.